The zero-order valence-electron chi connectivity index (χ0n) is 11.0. The highest BCUT2D eigenvalue weighted by Gasteiger charge is 2.33. The van der Waals surface area contributed by atoms with E-state index in [2.05, 4.69) is 26.6 Å². The maximum absolute atomic E-state index is 12.8. The molecule has 2 N–H and O–H groups in total. The predicted octanol–water partition coefficient (Wildman–Crippen LogP) is 3.80. The molecule has 7 heteroatoms. The van der Waals surface area contributed by atoms with Crippen LogP contribution < -0.4 is 10.6 Å². The lowest BCUT2D eigenvalue weighted by Crippen LogP contribution is -2.26. The van der Waals surface area contributed by atoms with E-state index in [9.17, 15) is 18.0 Å². The fourth-order valence-corrected chi connectivity index (χ4v) is 1.93. The Hall–Kier alpha value is -1.24. The van der Waals surface area contributed by atoms with Crippen LogP contribution in [0.5, 0.6) is 0 Å². The van der Waals surface area contributed by atoms with Gasteiger partial charge in [-0.2, -0.15) is 13.2 Å². The van der Waals surface area contributed by atoms with Crippen LogP contribution >= 0.6 is 15.9 Å². The number of amides is 1. The van der Waals surface area contributed by atoms with Crippen LogP contribution in [0.3, 0.4) is 0 Å². The molecule has 0 spiro atoms. The summed E-state index contributed by atoms with van der Waals surface area (Å²) in [5.41, 5.74) is -0.773. The van der Waals surface area contributed by atoms with Crippen molar-refractivity contribution in [2.24, 2.45) is 0 Å². The Morgan fingerprint density at radius 3 is 2.60 bits per heavy atom. The molecule has 1 rings (SSSR count). The number of carbonyl (C=O) groups excluding carboxylic acids is 1. The van der Waals surface area contributed by atoms with E-state index in [0.29, 0.717) is 11.0 Å². The van der Waals surface area contributed by atoms with Crippen LogP contribution in [0.2, 0.25) is 0 Å². The van der Waals surface area contributed by atoms with Crippen molar-refractivity contribution in [2.45, 2.75) is 25.9 Å². The minimum atomic E-state index is -4.43. The second-order valence-corrected chi connectivity index (χ2v) is 5.13. The molecule has 1 amide bonds. The van der Waals surface area contributed by atoms with Crippen molar-refractivity contribution in [3.8, 4) is 0 Å². The molecular formula is C13H16BrF3N2O. The number of rotatable bonds is 6. The van der Waals surface area contributed by atoms with E-state index in [1.165, 1.54) is 12.1 Å². The third-order valence-electron chi connectivity index (χ3n) is 2.53. The van der Waals surface area contributed by atoms with E-state index in [0.717, 1.165) is 12.5 Å². The van der Waals surface area contributed by atoms with Crippen molar-refractivity contribution in [2.75, 3.05) is 18.4 Å². The fraction of sp³-hybridized carbons (Fsp3) is 0.462. The summed E-state index contributed by atoms with van der Waals surface area (Å²) >= 11 is 3.02. The van der Waals surface area contributed by atoms with E-state index in [4.69, 9.17) is 0 Å². The number of nitrogens with one attached hydrogen (secondary N) is 2. The average Bonchev–Trinajstić information content (AvgIpc) is 2.37. The van der Waals surface area contributed by atoms with E-state index in [1.807, 2.05) is 6.92 Å². The summed E-state index contributed by atoms with van der Waals surface area (Å²) in [6, 6.07) is 3.88. The molecule has 112 valence electrons. The Kier molecular flexibility index (Phi) is 6.32. The number of anilines is 1. The van der Waals surface area contributed by atoms with Gasteiger partial charge in [0, 0.05) is 29.7 Å². The van der Waals surface area contributed by atoms with Gasteiger partial charge in [0.15, 0.2) is 0 Å². The molecule has 0 atom stereocenters. The summed E-state index contributed by atoms with van der Waals surface area (Å²) in [6.07, 6.45) is -3.48. The second-order valence-electron chi connectivity index (χ2n) is 4.21. The first kappa shape index (κ1) is 16.8. The lowest BCUT2D eigenvalue weighted by atomic mass is 10.1. The van der Waals surface area contributed by atoms with Crippen molar-refractivity contribution in [3.63, 3.8) is 0 Å². The van der Waals surface area contributed by atoms with E-state index < -0.39 is 11.7 Å². The topological polar surface area (TPSA) is 41.1 Å². The quantitative estimate of drug-likeness (QED) is 0.817. The zero-order chi connectivity index (χ0) is 15.2. The lowest BCUT2D eigenvalue weighted by molar-refractivity contribution is -0.137. The predicted molar refractivity (Wildman–Crippen MR) is 75.6 cm³/mol. The number of alkyl halides is 3. The van der Waals surface area contributed by atoms with Crippen LogP contribution in [0.4, 0.5) is 18.9 Å². The van der Waals surface area contributed by atoms with Crippen molar-refractivity contribution in [1.82, 2.24) is 5.32 Å². The smallest absolute Gasteiger partial charge is 0.384 e. The number of carbonyl (C=O) groups is 1. The summed E-state index contributed by atoms with van der Waals surface area (Å²) < 4.78 is 38.9. The van der Waals surface area contributed by atoms with Gasteiger partial charge in [-0.1, -0.05) is 22.9 Å². The van der Waals surface area contributed by atoms with Gasteiger partial charge in [0.2, 0.25) is 5.91 Å². The van der Waals surface area contributed by atoms with Gasteiger partial charge >= 0.3 is 6.18 Å². The molecule has 0 fully saturated rings. The first-order chi connectivity index (χ1) is 9.34. The highest BCUT2D eigenvalue weighted by Crippen LogP contribution is 2.36. The minimum Gasteiger partial charge on any atom is -0.384 e. The summed E-state index contributed by atoms with van der Waals surface area (Å²) in [5.74, 6) is -0.176. The van der Waals surface area contributed by atoms with Crippen LogP contribution in [-0.4, -0.2) is 19.0 Å². The van der Waals surface area contributed by atoms with Gasteiger partial charge in [-0.05, 0) is 24.6 Å². The van der Waals surface area contributed by atoms with E-state index >= 15 is 0 Å². The van der Waals surface area contributed by atoms with Gasteiger partial charge in [-0.3, -0.25) is 4.79 Å². The summed E-state index contributed by atoms with van der Waals surface area (Å²) in [6.45, 7) is 2.65. The van der Waals surface area contributed by atoms with Gasteiger partial charge in [-0.15, -0.1) is 0 Å². The monoisotopic (exact) mass is 352 g/mol. The fourth-order valence-electron chi connectivity index (χ4n) is 1.57. The molecule has 1 aromatic carbocycles. The zero-order valence-corrected chi connectivity index (χ0v) is 12.6. The van der Waals surface area contributed by atoms with Gasteiger partial charge in [0.05, 0.1) is 5.56 Å². The SMILES string of the molecule is CCCNC(=O)CCNc1ccc(Br)cc1C(F)(F)F. The summed E-state index contributed by atoms with van der Waals surface area (Å²) in [5, 5.41) is 5.32. The molecule has 0 aliphatic heterocycles. The Bertz CT molecular complexity index is 463. The summed E-state index contributed by atoms with van der Waals surface area (Å²) in [7, 11) is 0. The molecular weight excluding hydrogens is 337 g/mol. The van der Waals surface area contributed by atoms with Crippen molar-refractivity contribution in [1.29, 1.82) is 0 Å². The van der Waals surface area contributed by atoms with Crippen molar-refractivity contribution < 1.29 is 18.0 Å². The highest BCUT2D eigenvalue weighted by molar-refractivity contribution is 9.10. The first-order valence-corrected chi connectivity index (χ1v) is 7.01. The van der Waals surface area contributed by atoms with Crippen molar-refractivity contribution >= 4 is 27.5 Å². The molecule has 0 saturated carbocycles. The third kappa shape index (κ3) is 5.40. The Balaban J connectivity index is 2.62. The van der Waals surface area contributed by atoms with Gasteiger partial charge < -0.3 is 10.6 Å². The largest absolute Gasteiger partial charge is 0.418 e. The minimum absolute atomic E-state index is 0.0241. The van der Waals surface area contributed by atoms with Crippen LogP contribution in [0, 0.1) is 0 Å². The third-order valence-corrected chi connectivity index (χ3v) is 3.02. The van der Waals surface area contributed by atoms with E-state index in [-0.39, 0.29) is 24.6 Å². The number of hydrogen-bond donors (Lipinski definition) is 2. The highest BCUT2D eigenvalue weighted by atomic mass is 79.9. The second kappa shape index (κ2) is 7.52. The molecule has 0 bridgehead atoms. The average molecular weight is 353 g/mol. The van der Waals surface area contributed by atoms with Crippen LogP contribution in [0.1, 0.15) is 25.3 Å². The van der Waals surface area contributed by atoms with Crippen molar-refractivity contribution in [3.05, 3.63) is 28.2 Å². The van der Waals surface area contributed by atoms with Gasteiger partial charge in [0.25, 0.3) is 0 Å². The molecule has 20 heavy (non-hydrogen) atoms. The molecule has 1 aromatic rings. The van der Waals surface area contributed by atoms with Gasteiger partial charge in [-0.25, -0.2) is 0 Å². The van der Waals surface area contributed by atoms with Crippen LogP contribution in [0.15, 0.2) is 22.7 Å². The maximum atomic E-state index is 12.8. The molecule has 0 aromatic heterocycles. The van der Waals surface area contributed by atoms with E-state index in [1.54, 1.807) is 0 Å². The standard InChI is InChI=1S/C13H16BrF3N2O/c1-2-6-19-12(20)5-7-18-11-4-3-9(14)8-10(11)13(15,16)17/h3-4,8,18H,2,5-7H2,1H3,(H,19,20). The lowest BCUT2D eigenvalue weighted by Gasteiger charge is -2.15. The maximum Gasteiger partial charge on any atom is 0.418 e. The molecule has 0 heterocycles. The molecule has 0 saturated heterocycles. The van der Waals surface area contributed by atoms with Gasteiger partial charge in [0.1, 0.15) is 0 Å². The molecule has 3 nitrogen and oxygen atoms in total. The Morgan fingerprint density at radius 1 is 1.30 bits per heavy atom. The molecule has 0 aliphatic rings. The molecule has 0 unspecified atom stereocenters. The number of hydrogen-bond acceptors (Lipinski definition) is 2. The van der Waals surface area contributed by atoms with Crippen LogP contribution in [0.25, 0.3) is 0 Å². The number of halogens is 4. The normalized spacial score (nSPS) is 11.2. The van der Waals surface area contributed by atoms with Crippen LogP contribution in [-0.2, 0) is 11.0 Å². The first-order valence-electron chi connectivity index (χ1n) is 6.22. The molecule has 0 aliphatic carbocycles. The Labute approximate surface area is 124 Å². The number of benzene rings is 1. The Morgan fingerprint density at radius 2 is 2.00 bits per heavy atom. The molecule has 0 radical (unpaired) electrons. The summed E-state index contributed by atoms with van der Waals surface area (Å²) in [4.78, 5) is 11.3.